The number of hydrogen-bond acceptors (Lipinski definition) is 5. The van der Waals surface area contributed by atoms with Gasteiger partial charge in [-0.05, 0) is 39.0 Å². The number of nitriles is 1. The lowest BCUT2D eigenvalue weighted by Gasteiger charge is -2.35. The third-order valence-corrected chi connectivity index (χ3v) is 3.57. The maximum atomic E-state index is 12.1. The van der Waals surface area contributed by atoms with Crippen LogP contribution in [-0.4, -0.2) is 53.6 Å². The van der Waals surface area contributed by atoms with Gasteiger partial charge in [-0.25, -0.2) is 9.79 Å². The van der Waals surface area contributed by atoms with E-state index >= 15 is 0 Å². The standard InChI is InChI=1S/C17H23N7O2/c1-17(2,3)26-16(25)24-9-7-23(8-10-24)15(21-22-19)20-14-6-4-5-13(11-14)12-18/h4-6,11H,7-10H2,1-3H3,(H2,19,20,21). The summed E-state index contributed by atoms with van der Waals surface area (Å²) in [6.45, 7) is 7.51. The van der Waals surface area contributed by atoms with Crippen LogP contribution in [0.1, 0.15) is 26.3 Å². The molecule has 1 heterocycles. The number of hydrogen-bond donors (Lipinski definition) is 1. The van der Waals surface area contributed by atoms with Gasteiger partial charge in [-0.1, -0.05) is 16.4 Å². The lowest BCUT2D eigenvalue weighted by molar-refractivity contribution is 0.0186. The smallest absolute Gasteiger partial charge is 0.410 e. The maximum absolute atomic E-state index is 12.1. The van der Waals surface area contributed by atoms with E-state index in [0.29, 0.717) is 43.4 Å². The Kier molecular flexibility index (Phi) is 6.11. The van der Waals surface area contributed by atoms with Crippen molar-refractivity contribution in [3.05, 3.63) is 29.8 Å². The van der Waals surface area contributed by atoms with Crippen molar-refractivity contribution in [3.8, 4) is 6.07 Å². The van der Waals surface area contributed by atoms with Gasteiger partial charge in [0, 0.05) is 26.2 Å². The van der Waals surface area contributed by atoms with Crippen LogP contribution in [0.25, 0.3) is 0 Å². The molecule has 2 N–H and O–H groups in total. The average Bonchev–Trinajstić information content (AvgIpc) is 2.60. The molecular weight excluding hydrogens is 334 g/mol. The summed E-state index contributed by atoms with van der Waals surface area (Å²) in [4.78, 5) is 20.1. The van der Waals surface area contributed by atoms with E-state index in [9.17, 15) is 4.79 Å². The predicted octanol–water partition coefficient (Wildman–Crippen LogP) is 2.42. The van der Waals surface area contributed by atoms with Crippen LogP contribution < -0.4 is 5.84 Å². The minimum atomic E-state index is -0.527. The van der Waals surface area contributed by atoms with Crippen molar-refractivity contribution in [3.63, 3.8) is 0 Å². The first-order chi connectivity index (χ1) is 12.3. The molecule has 9 heteroatoms. The fourth-order valence-corrected chi connectivity index (χ4v) is 2.38. The molecule has 0 spiro atoms. The number of rotatable bonds is 1. The van der Waals surface area contributed by atoms with Gasteiger partial charge in [-0.15, -0.1) is 0 Å². The normalized spacial score (nSPS) is 15.8. The molecule has 1 aromatic carbocycles. The highest BCUT2D eigenvalue weighted by atomic mass is 16.6. The fourth-order valence-electron chi connectivity index (χ4n) is 2.38. The maximum Gasteiger partial charge on any atom is 0.410 e. The lowest BCUT2D eigenvalue weighted by Crippen LogP contribution is -2.51. The van der Waals surface area contributed by atoms with E-state index in [2.05, 4.69) is 21.4 Å². The summed E-state index contributed by atoms with van der Waals surface area (Å²) >= 11 is 0. The fraction of sp³-hybridized carbons (Fsp3) is 0.471. The van der Waals surface area contributed by atoms with Crippen molar-refractivity contribution in [2.75, 3.05) is 26.2 Å². The summed E-state index contributed by atoms with van der Waals surface area (Å²) in [5.41, 5.74) is 0.562. The molecule has 9 nitrogen and oxygen atoms in total. The summed E-state index contributed by atoms with van der Waals surface area (Å²) in [5.74, 6) is 5.54. The molecule has 1 saturated heterocycles. The van der Waals surface area contributed by atoms with Gasteiger partial charge in [-0.3, -0.25) is 0 Å². The highest BCUT2D eigenvalue weighted by Gasteiger charge is 2.27. The number of guanidine groups is 1. The summed E-state index contributed by atoms with van der Waals surface area (Å²) < 4.78 is 5.39. The minimum absolute atomic E-state index is 0.335. The van der Waals surface area contributed by atoms with Crippen molar-refractivity contribution < 1.29 is 9.53 Å². The molecule has 138 valence electrons. The van der Waals surface area contributed by atoms with E-state index in [1.165, 1.54) is 0 Å². The molecule has 0 unspecified atom stereocenters. The summed E-state index contributed by atoms with van der Waals surface area (Å²) in [7, 11) is 0. The minimum Gasteiger partial charge on any atom is -0.444 e. The molecule has 1 aliphatic rings. The zero-order chi connectivity index (χ0) is 19.2. The van der Waals surface area contributed by atoms with Crippen molar-refractivity contribution in [2.45, 2.75) is 26.4 Å². The van der Waals surface area contributed by atoms with Gasteiger partial charge in [-0.2, -0.15) is 5.26 Å². The number of nitrogens with two attached hydrogens (primary N) is 1. The number of piperazine rings is 1. The summed E-state index contributed by atoms with van der Waals surface area (Å²) in [6, 6.07) is 8.93. The summed E-state index contributed by atoms with van der Waals surface area (Å²) in [6.07, 6.45) is -0.335. The Bertz CT molecular complexity index is 738. The third-order valence-electron chi connectivity index (χ3n) is 3.57. The van der Waals surface area contributed by atoms with Gasteiger partial charge in [0.2, 0.25) is 5.96 Å². The quantitative estimate of drug-likeness (QED) is 0.272. The van der Waals surface area contributed by atoms with Gasteiger partial charge >= 0.3 is 6.09 Å². The number of carbonyl (C=O) groups is 1. The third kappa shape index (κ3) is 5.44. The number of ether oxygens (including phenoxy) is 1. The molecule has 2 rings (SSSR count). The monoisotopic (exact) mass is 357 g/mol. The second-order valence-electron chi connectivity index (χ2n) is 6.74. The van der Waals surface area contributed by atoms with E-state index < -0.39 is 5.60 Å². The molecule has 1 amide bonds. The Balaban J connectivity index is 2.07. The number of amides is 1. The Morgan fingerprint density at radius 2 is 1.88 bits per heavy atom. The molecule has 0 radical (unpaired) electrons. The lowest BCUT2D eigenvalue weighted by atomic mass is 10.2. The number of benzene rings is 1. The Morgan fingerprint density at radius 1 is 1.23 bits per heavy atom. The molecule has 0 aromatic heterocycles. The SMILES string of the molecule is CC(C)(C)OC(=O)N1CCN(C(N=NN)=Nc2cccc(C#N)c2)CC1. The first-order valence-electron chi connectivity index (χ1n) is 8.25. The molecule has 1 fully saturated rings. The second-order valence-corrected chi connectivity index (χ2v) is 6.74. The second kappa shape index (κ2) is 8.29. The predicted molar refractivity (Wildman–Crippen MR) is 96.7 cm³/mol. The Labute approximate surface area is 152 Å². The first kappa shape index (κ1) is 19.2. The van der Waals surface area contributed by atoms with Crippen LogP contribution >= 0.6 is 0 Å². The Hall–Kier alpha value is -3.15. The molecule has 0 bridgehead atoms. The van der Waals surface area contributed by atoms with Gasteiger partial charge in [0.05, 0.1) is 17.3 Å². The zero-order valence-electron chi connectivity index (χ0n) is 15.2. The van der Waals surface area contributed by atoms with Gasteiger partial charge < -0.3 is 20.4 Å². The van der Waals surface area contributed by atoms with E-state index in [1.807, 2.05) is 25.7 Å². The van der Waals surface area contributed by atoms with Crippen molar-refractivity contribution in [1.29, 1.82) is 5.26 Å². The van der Waals surface area contributed by atoms with Crippen molar-refractivity contribution in [1.82, 2.24) is 9.80 Å². The van der Waals surface area contributed by atoms with Crippen molar-refractivity contribution in [2.24, 2.45) is 21.2 Å². The average molecular weight is 357 g/mol. The summed E-state index contributed by atoms with van der Waals surface area (Å²) in [5, 5.41) is 16.2. The van der Waals surface area contributed by atoms with Crippen LogP contribution in [0.2, 0.25) is 0 Å². The molecule has 0 saturated carbocycles. The van der Waals surface area contributed by atoms with Gasteiger partial charge in [0.15, 0.2) is 0 Å². The van der Waals surface area contributed by atoms with E-state index in [-0.39, 0.29) is 6.09 Å². The van der Waals surface area contributed by atoms with E-state index in [0.717, 1.165) is 0 Å². The van der Waals surface area contributed by atoms with Gasteiger partial charge in [0.1, 0.15) is 5.60 Å². The van der Waals surface area contributed by atoms with Gasteiger partial charge in [0.25, 0.3) is 0 Å². The van der Waals surface area contributed by atoms with Crippen LogP contribution in [0, 0.1) is 11.3 Å². The first-order valence-corrected chi connectivity index (χ1v) is 8.25. The van der Waals surface area contributed by atoms with Crippen LogP contribution in [0.4, 0.5) is 10.5 Å². The number of aliphatic imine (C=N–C) groups is 1. The molecule has 1 aliphatic heterocycles. The van der Waals surface area contributed by atoms with Crippen LogP contribution in [0.5, 0.6) is 0 Å². The van der Waals surface area contributed by atoms with Crippen LogP contribution in [-0.2, 0) is 4.74 Å². The molecular formula is C17H23N7O2. The molecule has 0 aliphatic carbocycles. The molecule has 1 aromatic rings. The van der Waals surface area contributed by atoms with E-state index in [4.69, 9.17) is 15.8 Å². The zero-order valence-corrected chi connectivity index (χ0v) is 15.2. The molecule has 26 heavy (non-hydrogen) atoms. The highest BCUT2D eigenvalue weighted by Crippen LogP contribution is 2.17. The highest BCUT2D eigenvalue weighted by molar-refractivity contribution is 5.83. The van der Waals surface area contributed by atoms with Crippen LogP contribution in [0.3, 0.4) is 0 Å². The Morgan fingerprint density at radius 3 is 2.46 bits per heavy atom. The number of nitrogens with zero attached hydrogens (tertiary/aromatic N) is 6. The van der Waals surface area contributed by atoms with Crippen molar-refractivity contribution >= 4 is 17.7 Å². The largest absolute Gasteiger partial charge is 0.444 e. The topological polar surface area (TPSA) is 120 Å². The van der Waals surface area contributed by atoms with E-state index in [1.54, 1.807) is 29.2 Å². The number of carbonyl (C=O) groups excluding carboxylic acids is 1. The van der Waals surface area contributed by atoms with Crippen LogP contribution in [0.15, 0.2) is 39.6 Å². The molecule has 0 atom stereocenters.